The molecule has 0 aromatic heterocycles. The number of allylic oxidation sites excluding steroid dienone is 14. The van der Waals surface area contributed by atoms with E-state index < -0.39 is 6.10 Å². The molecule has 0 aliphatic carbocycles. The Morgan fingerprint density at radius 2 is 0.481 bits per heavy atom. The summed E-state index contributed by atoms with van der Waals surface area (Å²) >= 11 is 0. The number of carbonyl (C=O) groups is 3. The van der Waals surface area contributed by atoms with Gasteiger partial charge in [-0.2, -0.15) is 0 Å². The lowest BCUT2D eigenvalue weighted by Crippen LogP contribution is -2.30. The second-order valence-corrected chi connectivity index (χ2v) is 23.4. The molecule has 0 aliphatic heterocycles. The summed E-state index contributed by atoms with van der Waals surface area (Å²) in [6.07, 6.45) is 91.8. The Bertz CT molecular complexity index is 1530. The maximum absolute atomic E-state index is 13.0. The van der Waals surface area contributed by atoms with E-state index in [9.17, 15) is 14.4 Å². The number of ether oxygens (including phenoxy) is 3. The van der Waals surface area contributed by atoms with Crippen molar-refractivity contribution >= 4 is 17.9 Å². The van der Waals surface area contributed by atoms with Crippen LogP contribution >= 0.6 is 0 Å². The van der Waals surface area contributed by atoms with E-state index in [-0.39, 0.29) is 31.1 Å². The van der Waals surface area contributed by atoms with E-state index in [1.165, 1.54) is 212 Å². The van der Waals surface area contributed by atoms with Gasteiger partial charge in [-0.15, -0.1) is 0 Å². The topological polar surface area (TPSA) is 78.9 Å². The number of hydrogen-bond donors (Lipinski definition) is 0. The van der Waals surface area contributed by atoms with Crippen molar-refractivity contribution in [2.45, 2.75) is 361 Å². The summed E-state index contributed by atoms with van der Waals surface area (Å²) in [6, 6.07) is 0. The van der Waals surface area contributed by atoms with Crippen molar-refractivity contribution in [3.63, 3.8) is 0 Å². The van der Waals surface area contributed by atoms with Crippen LogP contribution in [-0.2, 0) is 28.6 Å². The maximum Gasteiger partial charge on any atom is 0.306 e. The molecule has 0 aromatic rings. The number of rotatable bonds is 64. The van der Waals surface area contributed by atoms with Crippen molar-refractivity contribution < 1.29 is 28.6 Å². The fourth-order valence-corrected chi connectivity index (χ4v) is 10.2. The second-order valence-electron chi connectivity index (χ2n) is 23.4. The van der Waals surface area contributed by atoms with E-state index in [0.717, 1.165) is 103 Å². The molecule has 0 spiro atoms. The zero-order chi connectivity index (χ0) is 58.5. The van der Waals surface area contributed by atoms with Gasteiger partial charge in [-0.1, -0.05) is 324 Å². The van der Waals surface area contributed by atoms with E-state index in [1.54, 1.807) is 0 Å². The molecule has 0 rings (SSSR count). The van der Waals surface area contributed by atoms with Crippen molar-refractivity contribution in [2.75, 3.05) is 13.2 Å². The van der Waals surface area contributed by atoms with Gasteiger partial charge in [-0.3, -0.25) is 14.4 Å². The van der Waals surface area contributed by atoms with Crippen LogP contribution in [0.3, 0.4) is 0 Å². The molecule has 0 aliphatic rings. The Hall–Kier alpha value is -3.41. The fourth-order valence-electron chi connectivity index (χ4n) is 10.2. The molecule has 0 heterocycles. The van der Waals surface area contributed by atoms with Crippen molar-refractivity contribution in [3.8, 4) is 0 Å². The lowest BCUT2D eigenvalue weighted by Gasteiger charge is -2.18. The van der Waals surface area contributed by atoms with Gasteiger partial charge >= 0.3 is 17.9 Å². The van der Waals surface area contributed by atoms with Crippen LogP contribution in [0.4, 0.5) is 0 Å². The average molecular weight is 1130 g/mol. The van der Waals surface area contributed by atoms with Crippen LogP contribution in [0.15, 0.2) is 85.1 Å². The number of unbranched alkanes of at least 4 members (excludes halogenated alkanes) is 39. The Morgan fingerprint density at radius 3 is 0.765 bits per heavy atom. The van der Waals surface area contributed by atoms with E-state index in [1.807, 2.05) is 0 Å². The highest BCUT2D eigenvalue weighted by Crippen LogP contribution is 2.18. The summed E-state index contributed by atoms with van der Waals surface area (Å²) in [6.45, 7) is 6.54. The molecule has 6 heteroatoms. The van der Waals surface area contributed by atoms with Crippen LogP contribution in [0.2, 0.25) is 0 Å². The number of esters is 3. The lowest BCUT2D eigenvalue weighted by atomic mass is 10.0. The van der Waals surface area contributed by atoms with Gasteiger partial charge in [0.25, 0.3) is 0 Å². The summed E-state index contributed by atoms with van der Waals surface area (Å²) in [4.78, 5) is 38.5. The normalized spacial score (nSPS) is 12.6. The monoisotopic (exact) mass is 1130 g/mol. The van der Waals surface area contributed by atoms with Gasteiger partial charge in [-0.25, -0.2) is 0 Å². The first-order valence-corrected chi connectivity index (χ1v) is 35.1. The highest BCUT2D eigenvalue weighted by atomic mass is 16.6. The van der Waals surface area contributed by atoms with Crippen molar-refractivity contribution in [3.05, 3.63) is 85.1 Å². The first-order valence-electron chi connectivity index (χ1n) is 35.1. The van der Waals surface area contributed by atoms with Crippen molar-refractivity contribution in [1.29, 1.82) is 0 Å². The van der Waals surface area contributed by atoms with Gasteiger partial charge in [0.05, 0.1) is 0 Å². The fraction of sp³-hybridized carbons (Fsp3) is 0.773. The second kappa shape index (κ2) is 69.1. The van der Waals surface area contributed by atoms with E-state index in [4.69, 9.17) is 14.2 Å². The standard InChI is InChI=1S/C75H132O6/c1-4-7-10-13-16-19-22-25-28-31-34-36-37-39-41-44-47-50-53-56-59-62-65-68-74(77)80-71-72(70-79-73(76)67-64-61-58-55-52-49-46-43-40-33-30-27-24-21-18-15-12-9-6-3)81-75(78)69-66-63-60-57-54-51-48-45-42-38-35-32-29-26-23-20-17-14-11-8-5-2/h9,12,18,21,23,26-27,30,32,35,40,43,49,52,72H,4-8,10-11,13-17,19-20,22,24-25,28-29,31,33-34,36-39,41-42,44-48,50-51,53-71H2,1-3H3/b12-9-,21-18-,26-23-,30-27-,35-32-,43-40-,52-49-. The summed E-state index contributed by atoms with van der Waals surface area (Å²) in [5.41, 5.74) is 0. The molecule has 468 valence electrons. The first-order chi connectivity index (χ1) is 40.0. The first kappa shape index (κ1) is 77.6. The molecular formula is C75H132O6. The van der Waals surface area contributed by atoms with E-state index >= 15 is 0 Å². The van der Waals surface area contributed by atoms with E-state index in [2.05, 4.69) is 106 Å². The number of carbonyl (C=O) groups excluding carboxylic acids is 3. The van der Waals surface area contributed by atoms with Gasteiger partial charge in [0.15, 0.2) is 6.10 Å². The third-order valence-corrected chi connectivity index (χ3v) is 15.4. The summed E-state index contributed by atoms with van der Waals surface area (Å²) < 4.78 is 17.0. The van der Waals surface area contributed by atoms with Crippen LogP contribution in [-0.4, -0.2) is 37.2 Å². The summed E-state index contributed by atoms with van der Waals surface area (Å²) in [5, 5.41) is 0. The Kier molecular flexibility index (Phi) is 66.2. The molecule has 0 amide bonds. The molecule has 81 heavy (non-hydrogen) atoms. The highest BCUT2D eigenvalue weighted by Gasteiger charge is 2.19. The zero-order valence-electron chi connectivity index (χ0n) is 53.8. The Morgan fingerprint density at radius 1 is 0.259 bits per heavy atom. The quantitative estimate of drug-likeness (QED) is 0.0261. The minimum Gasteiger partial charge on any atom is -0.462 e. The highest BCUT2D eigenvalue weighted by molar-refractivity contribution is 5.71. The molecule has 0 aromatic carbocycles. The van der Waals surface area contributed by atoms with E-state index in [0.29, 0.717) is 19.3 Å². The van der Waals surface area contributed by atoms with Crippen LogP contribution in [0.1, 0.15) is 355 Å². The maximum atomic E-state index is 13.0. The Balaban J connectivity index is 4.39. The molecule has 1 unspecified atom stereocenters. The summed E-state index contributed by atoms with van der Waals surface area (Å²) in [5.74, 6) is -0.904. The predicted octanol–water partition coefficient (Wildman–Crippen LogP) is 24.2. The molecule has 0 N–H and O–H groups in total. The van der Waals surface area contributed by atoms with Crippen LogP contribution in [0.25, 0.3) is 0 Å². The molecule has 0 fully saturated rings. The molecule has 0 saturated heterocycles. The van der Waals surface area contributed by atoms with Gasteiger partial charge in [0.1, 0.15) is 13.2 Å². The SMILES string of the molecule is CC/C=C\C/C=C\C/C=C\C/C=C\C/C=C\CCCCCC(=O)OCC(COC(=O)CCCCCCCCCCCCCCCCCCCCCCCCC)OC(=O)CCCCCCCCCCC/C=C\C/C=C\CCCCCCC. The molecule has 0 radical (unpaired) electrons. The van der Waals surface area contributed by atoms with Crippen molar-refractivity contribution in [1.82, 2.24) is 0 Å². The molecule has 6 nitrogen and oxygen atoms in total. The minimum atomic E-state index is -0.794. The Labute approximate surface area is 503 Å². The number of hydrogen-bond acceptors (Lipinski definition) is 6. The van der Waals surface area contributed by atoms with Gasteiger partial charge in [-0.05, 0) is 96.3 Å². The van der Waals surface area contributed by atoms with Gasteiger partial charge in [0, 0.05) is 19.3 Å². The minimum absolute atomic E-state index is 0.0859. The average Bonchev–Trinajstić information content (AvgIpc) is 3.47. The van der Waals surface area contributed by atoms with Crippen LogP contribution in [0.5, 0.6) is 0 Å². The van der Waals surface area contributed by atoms with Crippen LogP contribution in [0, 0.1) is 0 Å². The molecule has 0 saturated carbocycles. The zero-order valence-corrected chi connectivity index (χ0v) is 53.8. The smallest absolute Gasteiger partial charge is 0.306 e. The van der Waals surface area contributed by atoms with Gasteiger partial charge in [0.2, 0.25) is 0 Å². The molecule has 1 atom stereocenters. The molecular weight excluding hydrogens is 997 g/mol. The van der Waals surface area contributed by atoms with Crippen molar-refractivity contribution in [2.24, 2.45) is 0 Å². The molecule has 0 bridgehead atoms. The van der Waals surface area contributed by atoms with Gasteiger partial charge < -0.3 is 14.2 Å². The lowest BCUT2D eigenvalue weighted by molar-refractivity contribution is -0.167. The third-order valence-electron chi connectivity index (χ3n) is 15.4. The summed E-state index contributed by atoms with van der Waals surface area (Å²) in [7, 11) is 0. The largest absolute Gasteiger partial charge is 0.462 e. The predicted molar refractivity (Wildman–Crippen MR) is 353 cm³/mol. The third kappa shape index (κ3) is 67.3. The van der Waals surface area contributed by atoms with Crippen LogP contribution < -0.4 is 0 Å².